The number of hydrogen-bond donors (Lipinski definition) is 1. The van der Waals surface area contributed by atoms with Gasteiger partial charge in [-0.3, -0.25) is 0 Å². The molecule has 0 fully saturated rings. The Bertz CT molecular complexity index is 573. The third-order valence-corrected chi connectivity index (χ3v) is 4.71. The van der Waals surface area contributed by atoms with Crippen molar-refractivity contribution in [3.8, 4) is 0 Å². The van der Waals surface area contributed by atoms with Crippen LogP contribution < -0.4 is 0 Å². The number of aromatic carboxylic acids is 1. The maximum absolute atomic E-state index is 11.4. The number of carbonyl (C=O) groups is 1. The fraction of sp³-hybridized carbons (Fsp3) is 0.375. The Kier molecular flexibility index (Phi) is 4.90. The van der Waals surface area contributed by atoms with E-state index in [0.717, 1.165) is 23.4 Å². The molecule has 1 N–H and O–H groups in total. The first-order valence-electron chi connectivity index (χ1n) is 6.92. The van der Waals surface area contributed by atoms with E-state index in [1.54, 1.807) is 0 Å². The van der Waals surface area contributed by atoms with Gasteiger partial charge in [-0.05, 0) is 18.4 Å². The zero-order chi connectivity index (χ0) is 14.5. The molecule has 0 atom stereocenters. The number of thiazole rings is 1. The average molecular weight is 289 g/mol. The molecule has 0 aliphatic carbocycles. The van der Waals surface area contributed by atoms with Crippen LogP contribution in [-0.2, 0) is 6.42 Å². The van der Waals surface area contributed by atoms with E-state index in [1.807, 2.05) is 30.3 Å². The van der Waals surface area contributed by atoms with Gasteiger partial charge in [-0.2, -0.15) is 0 Å². The molecule has 0 amide bonds. The van der Waals surface area contributed by atoms with Crippen LogP contribution in [-0.4, -0.2) is 16.1 Å². The van der Waals surface area contributed by atoms with Gasteiger partial charge in [0.2, 0.25) is 0 Å². The molecule has 0 bridgehead atoms. The van der Waals surface area contributed by atoms with Crippen molar-refractivity contribution in [1.82, 2.24) is 4.98 Å². The molecule has 0 aliphatic heterocycles. The van der Waals surface area contributed by atoms with Gasteiger partial charge in [-0.15, -0.1) is 11.3 Å². The summed E-state index contributed by atoms with van der Waals surface area (Å²) in [6.45, 7) is 4.24. The van der Waals surface area contributed by atoms with E-state index in [2.05, 4.69) is 18.8 Å². The lowest BCUT2D eigenvalue weighted by atomic mass is 10.0. The van der Waals surface area contributed by atoms with Crippen LogP contribution in [0.5, 0.6) is 0 Å². The van der Waals surface area contributed by atoms with Gasteiger partial charge in [0.25, 0.3) is 0 Å². The zero-order valence-electron chi connectivity index (χ0n) is 11.8. The molecular weight excluding hydrogens is 270 g/mol. The molecule has 2 aromatic rings. The van der Waals surface area contributed by atoms with Crippen LogP contribution in [0.25, 0.3) is 0 Å². The van der Waals surface area contributed by atoms with Crippen molar-refractivity contribution >= 4 is 17.3 Å². The molecule has 1 aromatic carbocycles. The van der Waals surface area contributed by atoms with Crippen LogP contribution >= 0.6 is 11.3 Å². The average Bonchev–Trinajstić information content (AvgIpc) is 2.85. The largest absolute Gasteiger partial charge is 0.477 e. The van der Waals surface area contributed by atoms with Crippen LogP contribution in [0.4, 0.5) is 0 Å². The maximum Gasteiger partial charge on any atom is 0.347 e. The highest BCUT2D eigenvalue weighted by Gasteiger charge is 2.20. The standard InChI is InChI=1S/C16H19NO2S/c1-3-12(4-2)15-17-13(14(20-15)16(18)19)10-11-8-6-5-7-9-11/h5-9,12H,3-4,10H2,1-2H3,(H,18,19). The van der Waals surface area contributed by atoms with Crippen molar-refractivity contribution in [2.75, 3.05) is 0 Å². The quantitative estimate of drug-likeness (QED) is 0.860. The summed E-state index contributed by atoms with van der Waals surface area (Å²) in [5.41, 5.74) is 1.78. The second kappa shape index (κ2) is 6.66. The Hall–Kier alpha value is -1.68. The first-order chi connectivity index (χ1) is 9.65. The lowest BCUT2D eigenvalue weighted by Crippen LogP contribution is -2.00. The highest BCUT2D eigenvalue weighted by molar-refractivity contribution is 7.13. The molecule has 1 aromatic heterocycles. The zero-order valence-corrected chi connectivity index (χ0v) is 12.6. The van der Waals surface area contributed by atoms with Crippen molar-refractivity contribution < 1.29 is 9.90 Å². The highest BCUT2D eigenvalue weighted by atomic mass is 32.1. The van der Waals surface area contributed by atoms with Crippen LogP contribution in [0.1, 0.15) is 58.5 Å². The fourth-order valence-corrected chi connectivity index (χ4v) is 3.45. The van der Waals surface area contributed by atoms with Crippen molar-refractivity contribution in [3.05, 3.63) is 51.5 Å². The van der Waals surface area contributed by atoms with Gasteiger partial charge >= 0.3 is 5.97 Å². The normalized spacial score (nSPS) is 10.9. The lowest BCUT2D eigenvalue weighted by molar-refractivity contribution is 0.0701. The molecule has 106 valence electrons. The molecule has 0 saturated heterocycles. The lowest BCUT2D eigenvalue weighted by Gasteiger charge is -2.07. The summed E-state index contributed by atoms with van der Waals surface area (Å²) in [5.74, 6) is -0.506. The minimum atomic E-state index is -0.870. The molecule has 0 radical (unpaired) electrons. The third kappa shape index (κ3) is 3.25. The number of aromatic nitrogens is 1. The topological polar surface area (TPSA) is 50.2 Å². The number of nitrogens with zero attached hydrogens (tertiary/aromatic N) is 1. The van der Waals surface area contributed by atoms with E-state index in [9.17, 15) is 9.90 Å². The second-order valence-electron chi connectivity index (χ2n) is 4.81. The van der Waals surface area contributed by atoms with Crippen molar-refractivity contribution in [2.45, 2.75) is 39.0 Å². The summed E-state index contributed by atoms with van der Waals surface area (Å²) in [4.78, 5) is 16.4. The smallest absolute Gasteiger partial charge is 0.347 e. The molecular formula is C16H19NO2S. The molecule has 2 rings (SSSR count). The monoisotopic (exact) mass is 289 g/mol. The number of rotatable bonds is 6. The van der Waals surface area contributed by atoms with Gasteiger partial charge < -0.3 is 5.11 Å². The van der Waals surface area contributed by atoms with Gasteiger partial charge in [0, 0.05) is 12.3 Å². The van der Waals surface area contributed by atoms with Gasteiger partial charge in [0.15, 0.2) is 0 Å². The molecule has 20 heavy (non-hydrogen) atoms. The molecule has 0 spiro atoms. The predicted octanol–water partition coefficient (Wildman–Crippen LogP) is 4.34. The predicted molar refractivity (Wildman–Crippen MR) is 81.6 cm³/mol. The second-order valence-corrected chi connectivity index (χ2v) is 5.84. The number of benzene rings is 1. The molecule has 1 heterocycles. The van der Waals surface area contributed by atoms with E-state index >= 15 is 0 Å². The van der Waals surface area contributed by atoms with Gasteiger partial charge in [-0.1, -0.05) is 44.2 Å². The van der Waals surface area contributed by atoms with Crippen LogP contribution in [0.15, 0.2) is 30.3 Å². The Morgan fingerprint density at radius 1 is 1.25 bits per heavy atom. The van der Waals surface area contributed by atoms with Crippen LogP contribution in [0, 0.1) is 0 Å². The Balaban J connectivity index is 2.33. The van der Waals surface area contributed by atoms with E-state index < -0.39 is 5.97 Å². The molecule has 4 heteroatoms. The van der Waals surface area contributed by atoms with Gasteiger partial charge in [0.05, 0.1) is 10.7 Å². The van der Waals surface area contributed by atoms with Gasteiger partial charge in [-0.25, -0.2) is 9.78 Å². The summed E-state index contributed by atoms with van der Waals surface area (Å²) in [7, 11) is 0. The minimum absolute atomic E-state index is 0.364. The first kappa shape index (κ1) is 14.7. The fourth-order valence-electron chi connectivity index (χ4n) is 2.26. The number of carboxylic acid groups (broad SMARTS) is 1. The van der Waals surface area contributed by atoms with E-state index in [1.165, 1.54) is 11.3 Å². The van der Waals surface area contributed by atoms with Crippen LogP contribution in [0.2, 0.25) is 0 Å². The Labute approximate surface area is 123 Å². The Morgan fingerprint density at radius 2 is 1.90 bits per heavy atom. The third-order valence-electron chi connectivity index (χ3n) is 3.46. The van der Waals surface area contributed by atoms with Crippen molar-refractivity contribution in [2.24, 2.45) is 0 Å². The van der Waals surface area contributed by atoms with Crippen LogP contribution in [0.3, 0.4) is 0 Å². The summed E-state index contributed by atoms with van der Waals surface area (Å²) in [5, 5.41) is 10.3. The molecule has 3 nitrogen and oxygen atoms in total. The molecule has 0 unspecified atom stereocenters. The summed E-state index contributed by atoms with van der Waals surface area (Å²) >= 11 is 1.33. The SMILES string of the molecule is CCC(CC)c1nc(Cc2ccccc2)c(C(=O)O)s1. The summed E-state index contributed by atoms with van der Waals surface area (Å²) < 4.78 is 0. The summed E-state index contributed by atoms with van der Waals surface area (Å²) in [6.07, 6.45) is 2.57. The van der Waals surface area contributed by atoms with Crippen molar-refractivity contribution in [1.29, 1.82) is 0 Å². The maximum atomic E-state index is 11.4. The molecule has 0 aliphatic rings. The van der Waals surface area contributed by atoms with Gasteiger partial charge in [0.1, 0.15) is 4.88 Å². The summed E-state index contributed by atoms with van der Waals surface area (Å²) in [6, 6.07) is 9.88. The molecule has 0 saturated carbocycles. The minimum Gasteiger partial charge on any atom is -0.477 e. The highest BCUT2D eigenvalue weighted by Crippen LogP contribution is 2.30. The van der Waals surface area contributed by atoms with E-state index in [4.69, 9.17) is 0 Å². The number of carboxylic acids is 1. The Morgan fingerprint density at radius 3 is 2.45 bits per heavy atom. The first-order valence-corrected chi connectivity index (χ1v) is 7.74. The van der Waals surface area contributed by atoms with E-state index in [-0.39, 0.29) is 0 Å². The number of hydrogen-bond acceptors (Lipinski definition) is 3. The van der Waals surface area contributed by atoms with E-state index in [0.29, 0.717) is 22.9 Å². The van der Waals surface area contributed by atoms with Crippen molar-refractivity contribution in [3.63, 3.8) is 0 Å².